The fourth-order valence-electron chi connectivity index (χ4n) is 3.97. The molecule has 0 saturated carbocycles. The predicted octanol–water partition coefficient (Wildman–Crippen LogP) is 2.08. The molecule has 0 spiro atoms. The lowest BCUT2D eigenvalue weighted by Gasteiger charge is -2.20. The highest BCUT2D eigenvalue weighted by atomic mass is 16.2. The summed E-state index contributed by atoms with van der Waals surface area (Å²) in [5.41, 5.74) is 3.23. The minimum Gasteiger partial charge on any atom is -0.354 e. The number of aryl methyl sites for hydroxylation is 1. The molecule has 0 bridgehead atoms. The van der Waals surface area contributed by atoms with Crippen LogP contribution in [0.1, 0.15) is 37.2 Å². The van der Waals surface area contributed by atoms with Gasteiger partial charge >= 0.3 is 0 Å². The van der Waals surface area contributed by atoms with Crippen molar-refractivity contribution in [2.75, 3.05) is 19.6 Å². The van der Waals surface area contributed by atoms with Gasteiger partial charge in [0.25, 0.3) is 0 Å². The zero-order valence-corrected chi connectivity index (χ0v) is 16.4. The molecule has 1 saturated heterocycles. The number of para-hydroxylation sites is 2. The molecule has 1 fully saturated rings. The molecule has 1 atom stereocenters. The SMILES string of the molecule is CCn1c(CCNC(=O)Cn2ccc([C@@H]3CCCNC3)n2)nc2ccccc21. The van der Waals surface area contributed by atoms with E-state index in [1.165, 1.54) is 6.42 Å². The number of hydrogen-bond acceptors (Lipinski definition) is 4. The average molecular weight is 380 g/mol. The lowest BCUT2D eigenvalue weighted by molar-refractivity contribution is -0.121. The molecule has 7 heteroatoms. The van der Waals surface area contributed by atoms with Crippen LogP contribution in [-0.2, 0) is 24.3 Å². The minimum absolute atomic E-state index is 0.0180. The number of nitrogens with one attached hydrogen (secondary N) is 2. The van der Waals surface area contributed by atoms with E-state index in [0.29, 0.717) is 18.9 Å². The van der Waals surface area contributed by atoms with E-state index in [0.717, 1.165) is 48.6 Å². The van der Waals surface area contributed by atoms with E-state index in [-0.39, 0.29) is 12.5 Å². The van der Waals surface area contributed by atoms with Crippen molar-refractivity contribution in [3.05, 3.63) is 48.0 Å². The number of imidazole rings is 1. The van der Waals surface area contributed by atoms with Crippen molar-refractivity contribution in [2.45, 2.75) is 45.2 Å². The van der Waals surface area contributed by atoms with Crippen molar-refractivity contribution < 1.29 is 4.79 Å². The molecule has 1 aromatic carbocycles. The second-order valence-electron chi connectivity index (χ2n) is 7.34. The van der Waals surface area contributed by atoms with Crippen molar-refractivity contribution in [3.63, 3.8) is 0 Å². The molecule has 1 aliphatic rings. The first-order valence-electron chi connectivity index (χ1n) is 10.2. The Morgan fingerprint density at radius 2 is 2.21 bits per heavy atom. The third kappa shape index (κ3) is 4.09. The van der Waals surface area contributed by atoms with Crippen LogP contribution in [0.2, 0.25) is 0 Å². The van der Waals surface area contributed by atoms with Gasteiger partial charge in [0.2, 0.25) is 5.91 Å². The maximum atomic E-state index is 12.3. The molecular weight excluding hydrogens is 352 g/mol. The monoisotopic (exact) mass is 380 g/mol. The molecule has 1 aliphatic heterocycles. The molecule has 1 amide bonds. The van der Waals surface area contributed by atoms with Gasteiger partial charge in [-0.2, -0.15) is 5.10 Å². The lowest BCUT2D eigenvalue weighted by atomic mass is 9.97. The molecule has 2 N–H and O–H groups in total. The number of amides is 1. The number of fused-ring (bicyclic) bond motifs is 1. The van der Waals surface area contributed by atoms with Crippen LogP contribution in [0.5, 0.6) is 0 Å². The summed E-state index contributed by atoms with van der Waals surface area (Å²) >= 11 is 0. The average Bonchev–Trinajstić information content (AvgIpc) is 3.32. The van der Waals surface area contributed by atoms with E-state index < -0.39 is 0 Å². The first-order chi connectivity index (χ1) is 13.7. The summed E-state index contributed by atoms with van der Waals surface area (Å²) in [6.45, 7) is 5.88. The lowest BCUT2D eigenvalue weighted by Crippen LogP contribution is -2.30. The van der Waals surface area contributed by atoms with Gasteiger partial charge < -0.3 is 15.2 Å². The van der Waals surface area contributed by atoms with Crippen molar-refractivity contribution in [2.24, 2.45) is 0 Å². The van der Waals surface area contributed by atoms with E-state index >= 15 is 0 Å². The first kappa shape index (κ1) is 18.7. The number of benzene rings is 1. The molecule has 28 heavy (non-hydrogen) atoms. The molecule has 0 aliphatic carbocycles. The zero-order valence-electron chi connectivity index (χ0n) is 16.4. The number of rotatable bonds is 7. The van der Waals surface area contributed by atoms with Gasteiger partial charge in [-0.3, -0.25) is 9.48 Å². The maximum Gasteiger partial charge on any atom is 0.241 e. The van der Waals surface area contributed by atoms with Crippen LogP contribution >= 0.6 is 0 Å². The van der Waals surface area contributed by atoms with Crippen LogP contribution in [-0.4, -0.2) is 44.9 Å². The molecule has 0 radical (unpaired) electrons. The minimum atomic E-state index is -0.0180. The predicted molar refractivity (Wildman–Crippen MR) is 109 cm³/mol. The Kier molecular flexibility index (Phi) is 5.71. The molecular formula is C21H28N6O. The van der Waals surface area contributed by atoms with E-state index in [9.17, 15) is 4.79 Å². The molecule has 148 valence electrons. The Bertz CT molecular complexity index is 937. The number of nitrogens with zero attached hydrogens (tertiary/aromatic N) is 4. The van der Waals surface area contributed by atoms with Crippen LogP contribution in [0.25, 0.3) is 11.0 Å². The molecule has 3 heterocycles. The summed E-state index contributed by atoms with van der Waals surface area (Å²) in [4.78, 5) is 17.0. The third-order valence-electron chi connectivity index (χ3n) is 5.40. The van der Waals surface area contributed by atoms with E-state index in [1.807, 2.05) is 30.5 Å². The molecule has 7 nitrogen and oxygen atoms in total. The molecule has 2 aromatic heterocycles. The van der Waals surface area contributed by atoms with Gasteiger partial charge in [0, 0.05) is 38.2 Å². The molecule has 0 unspecified atom stereocenters. The van der Waals surface area contributed by atoms with Crippen molar-refractivity contribution in [1.29, 1.82) is 0 Å². The summed E-state index contributed by atoms with van der Waals surface area (Å²) in [5.74, 6) is 1.45. The van der Waals surface area contributed by atoms with Gasteiger partial charge in [-0.15, -0.1) is 0 Å². The Morgan fingerprint density at radius 1 is 1.32 bits per heavy atom. The summed E-state index contributed by atoms with van der Waals surface area (Å²) in [6, 6.07) is 10.2. The van der Waals surface area contributed by atoms with Crippen LogP contribution in [0.4, 0.5) is 0 Å². The highest BCUT2D eigenvalue weighted by molar-refractivity contribution is 5.76. The molecule has 4 rings (SSSR count). The van der Waals surface area contributed by atoms with E-state index in [4.69, 9.17) is 4.98 Å². The van der Waals surface area contributed by atoms with Crippen molar-refractivity contribution in [1.82, 2.24) is 30.0 Å². The summed E-state index contributed by atoms with van der Waals surface area (Å²) in [7, 11) is 0. The Balaban J connectivity index is 1.30. The quantitative estimate of drug-likeness (QED) is 0.658. The van der Waals surface area contributed by atoms with Crippen LogP contribution in [0.3, 0.4) is 0 Å². The van der Waals surface area contributed by atoms with Gasteiger partial charge in [-0.05, 0) is 44.5 Å². The van der Waals surface area contributed by atoms with Gasteiger partial charge in [0.05, 0.1) is 16.7 Å². The normalized spacial score (nSPS) is 17.1. The highest BCUT2D eigenvalue weighted by Crippen LogP contribution is 2.21. The number of piperidine rings is 1. The second-order valence-corrected chi connectivity index (χ2v) is 7.34. The third-order valence-corrected chi connectivity index (χ3v) is 5.40. The number of carbonyl (C=O) groups excluding carboxylic acids is 1. The Hall–Kier alpha value is -2.67. The number of aromatic nitrogens is 4. The van der Waals surface area contributed by atoms with Gasteiger partial charge in [-0.1, -0.05) is 12.1 Å². The van der Waals surface area contributed by atoms with Crippen LogP contribution < -0.4 is 10.6 Å². The smallest absolute Gasteiger partial charge is 0.241 e. The largest absolute Gasteiger partial charge is 0.354 e. The van der Waals surface area contributed by atoms with E-state index in [2.05, 4.69) is 33.3 Å². The Labute approximate surface area is 165 Å². The van der Waals surface area contributed by atoms with Crippen molar-refractivity contribution >= 4 is 16.9 Å². The van der Waals surface area contributed by atoms with Crippen LogP contribution in [0.15, 0.2) is 36.5 Å². The zero-order chi connectivity index (χ0) is 19.3. The summed E-state index contributed by atoms with van der Waals surface area (Å²) in [6.07, 6.45) is 4.96. The first-order valence-corrected chi connectivity index (χ1v) is 10.2. The fraction of sp³-hybridized carbons (Fsp3) is 0.476. The number of hydrogen-bond donors (Lipinski definition) is 2. The summed E-state index contributed by atoms with van der Waals surface area (Å²) in [5, 5.41) is 11.0. The van der Waals surface area contributed by atoms with Crippen LogP contribution in [0, 0.1) is 0 Å². The fourth-order valence-corrected chi connectivity index (χ4v) is 3.97. The summed E-state index contributed by atoms with van der Waals surface area (Å²) < 4.78 is 3.94. The highest BCUT2D eigenvalue weighted by Gasteiger charge is 2.18. The van der Waals surface area contributed by atoms with Gasteiger partial charge in [0.15, 0.2) is 0 Å². The van der Waals surface area contributed by atoms with Crippen molar-refractivity contribution in [3.8, 4) is 0 Å². The van der Waals surface area contributed by atoms with Gasteiger partial charge in [-0.25, -0.2) is 4.98 Å². The second kappa shape index (κ2) is 8.56. The topological polar surface area (TPSA) is 76.8 Å². The van der Waals surface area contributed by atoms with E-state index in [1.54, 1.807) is 4.68 Å². The standard InChI is InChI=1S/C21H28N6O/c1-2-27-19-8-4-3-7-18(19)24-20(27)9-12-23-21(28)15-26-13-10-17(25-26)16-6-5-11-22-14-16/h3-4,7-8,10,13,16,22H,2,5-6,9,11-12,14-15H2,1H3,(H,23,28)/t16-/m1/s1. The maximum absolute atomic E-state index is 12.3. The Morgan fingerprint density at radius 3 is 3.04 bits per heavy atom. The number of carbonyl (C=O) groups is 1. The van der Waals surface area contributed by atoms with Gasteiger partial charge in [0.1, 0.15) is 12.4 Å². The molecule has 3 aromatic rings.